The van der Waals surface area contributed by atoms with Crippen molar-refractivity contribution < 1.29 is 4.79 Å². The van der Waals surface area contributed by atoms with Crippen LogP contribution in [-0.2, 0) is 4.79 Å². The number of hydrogen-bond donors (Lipinski definition) is 0. The van der Waals surface area contributed by atoms with Crippen LogP contribution in [0.1, 0.15) is 26.0 Å². The van der Waals surface area contributed by atoms with Gasteiger partial charge in [0.15, 0.2) is 10.1 Å². The predicted octanol–water partition coefficient (Wildman–Crippen LogP) is 3.57. The van der Waals surface area contributed by atoms with Crippen molar-refractivity contribution in [3.05, 3.63) is 28.5 Å². The smallest absolute Gasteiger partial charge is 0.246 e. The SMILES string of the molecule is CC1CC(C)CN(C(=O)/C=C/c2c(Cl)nc3sccn23)C1. The highest BCUT2D eigenvalue weighted by atomic mass is 35.5. The van der Waals surface area contributed by atoms with E-state index < -0.39 is 0 Å². The average molecular weight is 324 g/mol. The third kappa shape index (κ3) is 2.99. The molecule has 3 heterocycles. The highest BCUT2D eigenvalue weighted by Gasteiger charge is 2.24. The molecule has 1 saturated heterocycles. The Hall–Kier alpha value is -1.33. The summed E-state index contributed by atoms with van der Waals surface area (Å²) < 4.78 is 1.90. The van der Waals surface area contributed by atoms with Gasteiger partial charge < -0.3 is 4.90 Å². The lowest BCUT2D eigenvalue weighted by Crippen LogP contribution is -2.41. The molecule has 1 aliphatic heterocycles. The molecule has 1 amide bonds. The molecule has 21 heavy (non-hydrogen) atoms. The molecule has 0 N–H and O–H groups in total. The largest absolute Gasteiger partial charge is 0.339 e. The summed E-state index contributed by atoms with van der Waals surface area (Å²) in [5.74, 6) is 1.18. The summed E-state index contributed by atoms with van der Waals surface area (Å²) in [5.41, 5.74) is 0.763. The third-order valence-electron chi connectivity index (χ3n) is 3.82. The highest BCUT2D eigenvalue weighted by molar-refractivity contribution is 7.15. The lowest BCUT2D eigenvalue weighted by atomic mass is 9.92. The van der Waals surface area contributed by atoms with Gasteiger partial charge in [-0.3, -0.25) is 9.20 Å². The third-order valence-corrected chi connectivity index (χ3v) is 4.85. The van der Waals surface area contributed by atoms with Crippen molar-refractivity contribution in [3.8, 4) is 0 Å². The summed E-state index contributed by atoms with van der Waals surface area (Å²) in [6, 6.07) is 0. The molecule has 112 valence electrons. The Morgan fingerprint density at radius 1 is 1.43 bits per heavy atom. The molecule has 2 aromatic rings. The van der Waals surface area contributed by atoms with Crippen LogP contribution in [0.4, 0.5) is 0 Å². The number of hydrogen-bond acceptors (Lipinski definition) is 3. The maximum absolute atomic E-state index is 12.3. The van der Waals surface area contributed by atoms with Gasteiger partial charge in [-0.05, 0) is 24.3 Å². The van der Waals surface area contributed by atoms with Crippen LogP contribution in [-0.4, -0.2) is 33.3 Å². The Labute approximate surface area is 133 Å². The number of carbonyl (C=O) groups excluding carboxylic acids is 1. The Bertz CT molecular complexity index is 680. The maximum Gasteiger partial charge on any atom is 0.246 e. The van der Waals surface area contributed by atoms with Gasteiger partial charge in [0.2, 0.25) is 5.91 Å². The predicted molar refractivity (Wildman–Crippen MR) is 86.6 cm³/mol. The van der Waals surface area contributed by atoms with E-state index in [0.717, 1.165) is 23.7 Å². The number of nitrogens with zero attached hydrogens (tertiary/aromatic N) is 3. The Kier molecular flexibility index (Phi) is 4.04. The first-order chi connectivity index (χ1) is 10.0. The van der Waals surface area contributed by atoms with Gasteiger partial charge >= 0.3 is 0 Å². The number of likely N-dealkylation sites (tertiary alicyclic amines) is 1. The van der Waals surface area contributed by atoms with Crippen LogP contribution >= 0.6 is 22.9 Å². The number of amides is 1. The van der Waals surface area contributed by atoms with E-state index in [0.29, 0.717) is 17.0 Å². The minimum atomic E-state index is 0.0506. The molecule has 0 spiro atoms. The standard InChI is InChI=1S/C15H18ClN3OS/c1-10-7-11(2)9-18(8-10)13(20)4-3-12-14(16)17-15-19(12)5-6-21-15/h3-6,10-11H,7-9H2,1-2H3/b4-3+. The number of thiazole rings is 1. The minimum Gasteiger partial charge on any atom is -0.339 e. The van der Waals surface area contributed by atoms with Gasteiger partial charge in [-0.1, -0.05) is 25.4 Å². The molecular formula is C15H18ClN3OS. The lowest BCUT2D eigenvalue weighted by Gasteiger charge is -2.34. The minimum absolute atomic E-state index is 0.0506. The molecule has 6 heteroatoms. The van der Waals surface area contributed by atoms with Gasteiger partial charge in [0, 0.05) is 30.7 Å². The monoisotopic (exact) mass is 323 g/mol. The van der Waals surface area contributed by atoms with E-state index in [9.17, 15) is 4.79 Å². The molecule has 2 atom stereocenters. The van der Waals surface area contributed by atoms with Crippen molar-refractivity contribution in [3.63, 3.8) is 0 Å². The number of imidazole rings is 1. The van der Waals surface area contributed by atoms with Crippen LogP contribution in [0.15, 0.2) is 17.7 Å². The molecule has 0 aromatic carbocycles. The molecule has 2 aromatic heterocycles. The van der Waals surface area contributed by atoms with Crippen LogP contribution in [0.5, 0.6) is 0 Å². The van der Waals surface area contributed by atoms with Crippen LogP contribution in [0, 0.1) is 11.8 Å². The molecule has 2 unspecified atom stereocenters. The van der Waals surface area contributed by atoms with Crippen LogP contribution < -0.4 is 0 Å². The van der Waals surface area contributed by atoms with Gasteiger partial charge in [0.05, 0.1) is 5.69 Å². The van der Waals surface area contributed by atoms with Crippen LogP contribution in [0.25, 0.3) is 11.0 Å². The van der Waals surface area contributed by atoms with E-state index in [1.54, 1.807) is 12.2 Å². The molecule has 1 aliphatic rings. The van der Waals surface area contributed by atoms with E-state index in [2.05, 4.69) is 18.8 Å². The average Bonchev–Trinajstić information content (AvgIpc) is 2.96. The maximum atomic E-state index is 12.3. The van der Waals surface area contributed by atoms with Crippen molar-refractivity contribution in [2.24, 2.45) is 11.8 Å². The van der Waals surface area contributed by atoms with Gasteiger partial charge in [-0.15, -0.1) is 11.3 Å². The van der Waals surface area contributed by atoms with Crippen molar-refractivity contribution in [1.82, 2.24) is 14.3 Å². The van der Waals surface area contributed by atoms with Gasteiger partial charge in [0.25, 0.3) is 0 Å². The van der Waals surface area contributed by atoms with Gasteiger partial charge in [-0.25, -0.2) is 4.98 Å². The zero-order valence-electron chi connectivity index (χ0n) is 12.1. The first-order valence-electron chi connectivity index (χ1n) is 7.12. The molecule has 1 fully saturated rings. The van der Waals surface area contributed by atoms with Crippen molar-refractivity contribution in [1.29, 1.82) is 0 Å². The number of aromatic nitrogens is 2. The van der Waals surface area contributed by atoms with Crippen molar-refractivity contribution in [2.45, 2.75) is 20.3 Å². The summed E-state index contributed by atoms with van der Waals surface area (Å²) in [7, 11) is 0. The molecule has 0 bridgehead atoms. The topological polar surface area (TPSA) is 37.6 Å². The number of halogens is 1. The van der Waals surface area contributed by atoms with Gasteiger partial charge in [-0.2, -0.15) is 0 Å². The van der Waals surface area contributed by atoms with E-state index in [1.165, 1.54) is 17.8 Å². The fraction of sp³-hybridized carbons (Fsp3) is 0.467. The summed E-state index contributed by atoms with van der Waals surface area (Å²) in [6.45, 7) is 6.06. The summed E-state index contributed by atoms with van der Waals surface area (Å²) in [5, 5.41) is 2.39. The highest BCUT2D eigenvalue weighted by Crippen LogP contribution is 2.24. The molecule has 3 rings (SSSR count). The molecular weight excluding hydrogens is 306 g/mol. The summed E-state index contributed by atoms with van der Waals surface area (Å²) in [4.78, 5) is 19.4. The quantitative estimate of drug-likeness (QED) is 0.792. The number of rotatable bonds is 2. The normalized spacial score (nSPS) is 23.3. The zero-order valence-corrected chi connectivity index (χ0v) is 13.7. The molecule has 0 radical (unpaired) electrons. The Morgan fingerprint density at radius 2 is 2.14 bits per heavy atom. The van der Waals surface area contributed by atoms with E-state index >= 15 is 0 Å². The van der Waals surface area contributed by atoms with Crippen molar-refractivity contribution >= 4 is 39.9 Å². The summed E-state index contributed by atoms with van der Waals surface area (Å²) in [6.07, 6.45) is 6.48. The van der Waals surface area contributed by atoms with E-state index in [-0.39, 0.29) is 5.91 Å². The summed E-state index contributed by atoms with van der Waals surface area (Å²) >= 11 is 7.65. The molecule has 0 saturated carbocycles. The zero-order chi connectivity index (χ0) is 15.0. The Balaban J connectivity index is 1.77. The number of carbonyl (C=O) groups is 1. The molecule has 0 aliphatic carbocycles. The first-order valence-corrected chi connectivity index (χ1v) is 8.38. The Morgan fingerprint density at radius 3 is 2.86 bits per heavy atom. The second-order valence-corrected chi connectivity index (χ2v) is 7.10. The van der Waals surface area contributed by atoms with Crippen molar-refractivity contribution in [2.75, 3.05) is 13.1 Å². The van der Waals surface area contributed by atoms with Gasteiger partial charge in [0.1, 0.15) is 0 Å². The van der Waals surface area contributed by atoms with E-state index in [1.807, 2.05) is 20.9 Å². The fourth-order valence-electron chi connectivity index (χ4n) is 3.02. The second-order valence-electron chi connectivity index (χ2n) is 5.87. The van der Waals surface area contributed by atoms with Crippen LogP contribution in [0.3, 0.4) is 0 Å². The lowest BCUT2D eigenvalue weighted by molar-refractivity contribution is -0.128. The first kappa shape index (κ1) is 14.6. The van der Waals surface area contributed by atoms with E-state index in [4.69, 9.17) is 11.6 Å². The number of piperidine rings is 1. The number of fused-ring (bicyclic) bond motifs is 1. The second kappa shape index (κ2) is 5.81. The van der Waals surface area contributed by atoms with Crippen LogP contribution in [0.2, 0.25) is 5.15 Å². The molecule has 4 nitrogen and oxygen atoms in total. The fourth-order valence-corrected chi connectivity index (χ4v) is 4.03.